The normalized spacial score (nSPS) is 11.5. The molecule has 0 saturated heterocycles. The van der Waals surface area contributed by atoms with E-state index in [0.29, 0.717) is 11.8 Å². The Bertz CT molecular complexity index is 97.2. The van der Waals surface area contributed by atoms with Crippen molar-refractivity contribution in [2.45, 2.75) is 10.0 Å². The molecule has 0 heterocycles. The van der Waals surface area contributed by atoms with E-state index in [2.05, 4.69) is 0 Å². The summed E-state index contributed by atoms with van der Waals surface area (Å²) in [5.74, 6) is 0. The van der Waals surface area contributed by atoms with Crippen LogP contribution in [0.1, 0.15) is 6.92 Å². The molecule has 8 heavy (non-hydrogen) atoms. The molecule has 0 rings (SSSR count). The fraction of sp³-hybridized carbons (Fsp3) is 0.667. The lowest BCUT2D eigenvalue weighted by Gasteiger charge is -2.04. The Kier molecular flexibility index (Phi) is 3.51. The Morgan fingerprint density at radius 3 is 1.88 bits per heavy atom. The van der Waals surface area contributed by atoms with Crippen LogP contribution in [0.4, 0.5) is 0 Å². The van der Waals surface area contributed by atoms with E-state index in [1.165, 1.54) is 6.92 Å². The second kappa shape index (κ2) is 3.16. The fourth-order valence-corrected chi connectivity index (χ4v) is 1.47. The lowest BCUT2D eigenvalue weighted by molar-refractivity contribution is -0.109. The Balaban J connectivity index is 3.55. The van der Waals surface area contributed by atoms with Crippen LogP contribution in [0.25, 0.3) is 0 Å². The van der Waals surface area contributed by atoms with Gasteiger partial charge in [-0.05, 0) is 11.8 Å². The Labute approximate surface area is 66.7 Å². The molecular weight excluding hydrogens is 190 g/mol. The van der Waals surface area contributed by atoms with Crippen molar-refractivity contribution in [2.24, 2.45) is 0 Å². The first-order chi connectivity index (χ1) is 3.42. The van der Waals surface area contributed by atoms with E-state index in [0.717, 1.165) is 0 Å². The first-order valence-corrected chi connectivity index (χ1v) is 3.63. The summed E-state index contributed by atoms with van der Waals surface area (Å²) < 4.78 is -1.49. The van der Waals surface area contributed by atoms with Gasteiger partial charge in [-0.2, -0.15) is 0 Å². The summed E-state index contributed by atoms with van der Waals surface area (Å²) in [6.07, 6.45) is 0. The van der Waals surface area contributed by atoms with E-state index in [1.807, 2.05) is 0 Å². The summed E-state index contributed by atoms with van der Waals surface area (Å²) in [6.45, 7) is 1.34. The smallest absolute Gasteiger partial charge is 0.244 e. The summed E-state index contributed by atoms with van der Waals surface area (Å²) in [6, 6.07) is 0. The SMILES string of the molecule is CC(=O)SC(Cl)(Cl)Cl. The highest BCUT2D eigenvalue weighted by Gasteiger charge is 2.22. The highest BCUT2D eigenvalue weighted by atomic mass is 35.6. The van der Waals surface area contributed by atoms with Crippen molar-refractivity contribution in [1.82, 2.24) is 0 Å². The van der Waals surface area contributed by atoms with Gasteiger partial charge in [-0.3, -0.25) is 4.79 Å². The number of hydrogen-bond donors (Lipinski definition) is 0. The zero-order valence-corrected chi connectivity index (χ0v) is 7.03. The second-order valence-corrected chi connectivity index (χ2v) is 5.38. The van der Waals surface area contributed by atoms with Crippen LogP contribution < -0.4 is 0 Å². The van der Waals surface area contributed by atoms with E-state index >= 15 is 0 Å². The van der Waals surface area contributed by atoms with Crippen molar-refractivity contribution >= 4 is 51.7 Å². The maximum Gasteiger partial charge on any atom is 0.244 e. The monoisotopic (exact) mass is 192 g/mol. The molecule has 5 heteroatoms. The van der Waals surface area contributed by atoms with E-state index in [-0.39, 0.29) is 5.12 Å². The highest BCUT2D eigenvalue weighted by Crippen LogP contribution is 2.38. The zero-order valence-electron chi connectivity index (χ0n) is 3.95. The average molecular weight is 193 g/mol. The summed E-state index contributed by atoms with van der Waals surface area (Å²) in [5.41, 5.74) is 0. The minimum absolute atomic E-state index is 0.204. The summed E-state index contributed by atoms with van der Waals surface area (Å²) >= 11 is 16.3. The second-order valence-electron chi connectivity index (χ2n) is 1.04. The van der Waals surface area contributed by atoms with Gasteiger partial charge in [0.15, 0.2) is 5.12 Å². The molecule has 0 aromatic carbocycles. The van der Waals surface area contributed by atoms with Crippen LogP contribution in [0.3, 0.4) is 0 Å². The van der Waals surface area contributed by atoms with Gasteiger partial charge in [0.2, 0.25) is 3.12 Å². The molecule has 0 bridgehead atoms. The third-order valence-electron chi connectivity index (χ3n) is 0.259. The van der Waals surface area contributed by atoms with Gasteiger partial charge in [0.05, 0.1) is 0 Å². The number of halogens is 3. The van der Waals surface area contributed by atoms with Crippen molar-refractivity contribution in [2.75, 3.05) is 0 Å². The number of hydrogen-bond acceptors (Lipinski definition) is 2. The molecule has 0 radical (unpaired) electrons. The Hall–Kier alpha value is 0.890. The third kappa shape index (κ3) is 6.89. The molecule has 0 atom stereocenters. The molecule has 0 aliphatic rings. The predicted molar refractivity (Wildman–Crippen MR) is 38.6 cm³/mol. The Morgan fingerprint density at radius 2 is 1.88 bits per heavy atom. The number of alkyl halides is 3. The summed E-state index contributed by atoms with van der Waals surface area (Å²) in [4.78, 5) is 10.2. The summed E-state index contributed by atoms with van der Waals surface area (Å²) in [7, 11) is 0. The number of carbonyl (C=O) groups is 1. The summed E-state index contributed by atoms with van der Waals surface area (Å²) in [5, 5.41) is -0.204. The van der Waals surface area contributed by atoms with E-state index in [1.54, 1.807) is 0 Å². The van der Waals surface area contributed by atoms with Gasteiger partial charge in [0.1, 0.15) is 0 Å². The zero-order chi connectivity index (χ0) is 6.78. The maximum absolute atomic E-state index is 10.2. The van der Waals surface area contributed by atoms with Gasteiger partial charge in [0, 0.05) is 6.92 Å². The largest absolute Gasteiger partial charge is 0.287 e. The lowest BCUT2D eigenvalue weighted by Crippen LogP contribution is -1.97. The lowest BCUT2D eigenvalue weighted by atomic mass is 10.9. The minimum Gasteiger partial charge on any atom is -0.287 e. The molecule has 0 aliphatic carbocycles. The van der Waals surface area contributed by atoms with Crippen molar-refractivity contribution in [1.29, 1.82) is 0 Å². The number of thioether (sulfide) groups is 1. The molecule has 0 N–H and O–H groups in total. The standard InChI is InChI=1S/C3H3Cl3OS/c1-2(7)8-3(4,5)6/h1H3. The first kappa shape index (κ1) is 8.89. The molecule has 0 aromatic rings. The molecule has 0 amide bonds. The minimum atomic E-state index is -1.49. The number of carbonyl (C=O) groups excluding carboxylic acids is 1. The topological polar surface area (TPSA) is 17.1 Å². The van der Waals surface area contributed by atoms with Crippen LogP contribution in [0, 0.1) is 0 Å². The molecule has 0 saturated carbocycles. The van der Waals surface area contributed by atoms with Crippen LogP contribution in [-0.4, -0.2) is 8.24 Å². The van der Waals surface area contributed by atoms with Gasteiger partial charge >= 0.3 is 0 Å². The van der Waals surface area contributed by atoms with E-state index < -0.39 is 3.12 Å². The molecule has 0 aromatic heterocycles. The molecule has 0 unspecified atom stereocenters. The first-order valence-electron chi connectivity index (χ1n) is 1.68. The average Bonchev–Trinajstić information content (AvgIpc) is 1.21. The molecule has 1 nitrogen and oxygen atoms in total. The Morgan fingerprint density at radius 1 is 1.50 bits per heavy atom. The van der Waals surface area contributed by atoms with Gasteiger partial charge in [-0.25, -0.2) is 0 Å². The molecule has 0 fully saturated rings. The molecule has 0 aliphatic heterocycles. The van der Waals surface area contributed by atoms with Gasteiger partial charge in [-0.1, -0.05) is 34.8 Å². The third-order valence-corrected chi connectivity index (χ3v) is 1.47. The molecule has 0 spiro atoms. The quantitative estimate of drug-likeness (QED) is 0.550. The maximum atomic E-state index is 10.2. The predicted octanol–water partition coefficient (Wildman–Crippen LogP) is 2.59. The van der Waals surface area contributed by atoms with Gasteiger partial charge < -0.3 is 0 Å². The van der Waals surface area contributed by atoms with Crippen LogP contribution in [-0.2, 0) is 4.79 Å². The molecular formula is C3H3Cl3OS. The van der Waals surface area contributed by atoms with Gasteiger partial charge in [0.25, 0.3) is 0 Å². The van der Waals surface area contributed by atoms with Crippen LogP contribution in [0.5, 0.6) is 0 Å². The van der Waals surface area contributed by atoms with E-state index in [9.17, 15) is 4.79 Å². The van der Waals surface area contributed by atoms with Crippen LogP contribution in [0.2, 0.25) is 0 Å². The van der Waals surface area contributed by atoms with Crippen molar-refractivity contribution in [3.63, 3.8) is 0 Å². The van der Waals surface area contributed by atoms with Gasteiger partial charge in [-0.15, -0.1) is 0 Å². The van der Waals surface area contributed by atoms with Crippen molar-refractivity contribution in [3.8, 4) is 0 Å². The van der Waals surface area contributed by atoms with Crippen molar-refractivity contribution < 1.29 is 4.79 Å². The highest BCUT2D eigenvalue weighted by molar-refractivity contribution is 8.17. The fourth-order valence-electron chi connectivity index (χ4n) is 0.163. The van der Waals surface area contributed by atoms with E-state index in [4.69, 9.17) is 34.8 Å². The van der Waals surface area contributed by atoms with Crippen molar-refractivity contribution in [3.05, 3.63) is 0 Å². The molecule has 48 valence electrons. The van der Waals surface area contributed by atoms with Crippen LogP contribution >= 0.6 is 46.6 Å². The van der Waals surface area contributed by atoms with Crippen LogP contribution in [0.15, 0.2) is 0 Å². The number of rotatable bonds is 0.